The second-order valence-electron chi connectivity index (χ2n) is 3.81. The van der Waals surface area contributed by atoms with Gasteiger partial charge >= 0.3 is 0 Å². The Morgan fingerprint density at radius 3 is 2.31 bits per heavy atom. The topological polar surface area (TPSA) is 50.4 Å². The Kier molecular flexibility index (Phi) is 4.31. The summed E-state index contributed by atoms with van der Waals surface area (Å²) in [6.45, 7) is 6.01. The molecule has 0 unspecified atom stereocenters. The molecule has 4 heteroatoms. The molecule has 0 fully saturated rings. The highest BCUT2D eigenvalue weighted by molar-refractivity contribution is 5.77. The van der Waals surface area contributed by atoms with Crippen LogP contribution >= 0.6 is 0 Å². The van der Waals surface area contributed by atoms with E-state index < -0.39 is 0 Å². The monoisotopic (exact) mass is 222 g/mol. The number of hydrazine groups is 1. The van der Waals surface area contributed by atoms with Gasteiger partial charge in [-0.25, -0.2) is 5.43 Å². The lowest BCUT2D eigenvalue weighted by Gasteiger charge is -2.12. The molecule has 0 saturated heterocycles. The zero-order valence-corrected chi connectivity index (χ0v) is 10.2. The fourth-order valence-electron chi connectivity index (χ4n) is 1.71. The third kappa shape index (κ3) is 3.24. The lowest BCUT2D eigenvalue weighted by molar-refractivity contribution is -0.123. The van der Waals surface area contributed by atoms with Crippen LogP contribution in [0.4, 0.5) is 0 Å². The van der Waals surface area contributed by atoms with Gasteiger partial charge in [0.2, 0.25) is 0 Å². The molecule has 0 aliphatic rings. The first-order valence-electron chi connectivity index (χ1n) is 5.21. The van der Waals surface area contributed by atoms with Crippen molar-refractivity contribution >= 4 is 5.91 Å². The van der Waals surface area contributed by atoms with E-state index in [4.69, 9.17) is 4.74 Å². The van der Waals surface area contributed by atoms with Gasteiger partial charge in [-0.3, -0.25) is 10.2 Å². The summed E-state index contributed by atoms with van der Waals surface area (Å²) in [5.41, 5.74) is 8.31. The van der Waals surface area contributed by atoms with E-state index in [0.717, 1.165) is 16.9 Å². The molecule has 0 radical (unpaired) electrons. The number of amides is 1. The molecule has 1 aromatic rings. The molecular weight excluding hydrogens is 204 g/mol. The summed E-state index contributed by atoms with van der Waals surface area (Å²) < 4.78 is 5.48. The van der Waals surface area contributed by atoms with Gasteiger partial charge in [-0.05, 0) is 31.9 Å². The Morgan fingerprint density at radius 1 is 1.25 bits per heavy atom. The molecule has 4 nitrogen and oxygen atoms in total. The minimum Gasteiger partial charge on any atom is -0.483 e. The van der Waals surface area contributed by atoms with Crippen LogP contribution < -0.4 is 15.6 Å². The number of benzene rings is 1. The van der Waals surface area contributed by atoms with E-state index in [9.17, 15) is 4.79 Å². The minimum absolute atomic E-state index is 0.0194. The second kappa shape index (κ2) is 5.51. The molecule has 0 atom stereocenters. The van der Waals surface area contributed by atoms with Gasteiger partial charge in [-0.2, -0.15) is 0 Å². The normalized spacial score (nSPS) is 10.0. The van der Waals surface area contributed by atoms with E-state index in [2.05, 4.69) is 10.9 Å². The van der Waals surface area contributed by atoms with Crippen molar-refractivity contribution < 1.29 is 9.53 Å². The molecule has 1 aromatic carbocycles. The van der Waals surface area contributed by atoms with Gasteiger partial charge in [0.1, 0.15) is 5.75 Å². The first-order chi connectivity index (χ1) is 7.54. The molecule has 0 bridgehead atoms. The highest BCUT2D eigenvalue weighted by atomic mass is 16.5. The van der Waals surface area contributed by atoms with Crippen molar-refractivity contribution in [3.63, 3.8) is 0 Å². The van der Waals surface area contributed by atoms with Crippen LogP contribution in [0.2, 0.25) is 0 Å². The van der Waals surface area contributed by atoms with Crippen molar-refractivity contribution in [3.8, 4) is 5.75 Å². The van der Waals surface area contributed by atoms with Crippen LogP contribution in [0.25, 0.3) is 0 Å². The van der Waals surface area contributed by atoms with Crippen LogP contribution in [0.15, 0.2) is 12.1 Å². The van der Waals surface area contributed by atoms with Crippen molar-refractivity contribution in [1.82, 2.24) is 10.9 Å². The minimum atomic E-state index is -0.193. The lowest BCUT2D eigenvalue weighted by atomic mass is 10.1. The number of hydrogen-bond acceptors (Lipinski definition) is 3. The second-order valence-corrected chi connectivity index (χ2v) is 3.81. The molecular formula is C12H18N2O2. The zero-order valence-electron chi connectivity index (χ0n) is 10.2. The molecule has 16 heavy (non-hydrogen) atoms. The van der Waals surface area contributed by atoms with Gasteiger partial charge in [0.25, 0.3) is 5.91 Å². The molecule has 1 amide bonds. The van der Waals surface area contributed by atoms with Crippen molar-refractivity contribution in [2.75, 3.05) is 13.7 Å². The fraction of sp³-hybridized carbons (Fsp3) is 0.417. The number of carbonyl (C=O) groups excluding carboxylic acids is 1. The fourth-order valence-corrected chi connectivity index (χ4v) is 1.71. The molecule has 0 aliphatic carbocycles. The Hall–Kier alpha value is -1.55. The average Bonchev–Trinajstić information content (AvgIpc) is 2.16. The Morgan fingerprint density at radius 2 is 1.81 bits per heavy atom. The number of ether oxygens (including phenoxy) is 1. The number of hydrogen-bond donors (Lipinski definition) is 2. The summed E-state index contributed by atoms with van der Waals surface area (Å²) in [6, 6.07) is 4.08. The molecule has 2 N–H and O–H groups in total. The van der Waals surface area contributed by atoms with Gasteiger partial charge < -0.3 is 4.74 Å². The predicted molar refractivity (Wildman–Crippen MR) is 63.4 cm³/mol. The van der Waals surface area contributed by atoms with Crippen LogP contribution in [0.5, 0.6) is 5.75 Å². The first-order valence-corrected chi connectivity index (χ1v) is 5.21. The average molecular weight is 222 g/mol. The molecule has 0 heterocycles. The third-order valence-corrected chi connectivity index (χ3v) is 2.22. The largest absolute Gasteiger partial charge is 0.483 e. The quantitative estimate of drug-likeness (QED) is 0.754. The maximum atomic E-state index is 11.2. The van der Waals surface area contributed by atoms with Crippen LogP contribution in [0.3, 0.4) is 0 Å². The van der Waals surface area contributed by atoms with Crippen LogP contribution in [0, 0.1) is 20.8 Å². The number of nitrogens with one attached hydrogen (secondary N) is 2. The molecule has 1 rings (SSSR count). The van der Waals surface area contributed by atoms with Crippen molar-refractivity contribution in [3.05, 3.63) is 28.8 Å². The molecule has 0 aliphatic heterocycles. The van der Waals surface area contributed by atoms with E-state index in [1.807, 2.05) is 32.9 Å². The first kappa shape index (κ1) is 12.5. The van der Waals surface area contributed by atoms with Gasteiger partial charge in [0, 0.05) is 7.05 Å². The Balaban J connectivity index is 2.70. The highest BCUT2D eigenvalue weighted by Crippen LogP contribution is 2.24. The number of aryl methyl sites for hydroxylation is 3. The van der Waals surface area contributed by atoms with Crippen LogP contribution in [-0.2, 0) is 4.79 Å². The van der Waals surface area contributed by atoms with Gasteiger partial charge in [0.15, 0.2) is 6.61 Å². The Bertz CT molecular complexity index is 366. The standard InChI is InChI=1S/C12H18N2O2/c1-8-5-9(2)12(10(3)6-8)16-7-11(15)14-13-4/h5-6,13H,7H2,1-4H3,(H,14,15). The van der Waals surface area contributed by atoms with Crippen LogP contribution in [0.1, 0.15) is 16.7 Å². The Labute approximate surface area is 96.0 Å². The summed E-state index contributed by atoms with van der Waals surface area (Å²) in [5.74, 6) is 0.596. The van der Waals surface area contributed by atoms with E-state index in [-0.39, 0.29) is 12.5 Å². The molecule has 0 spiro atoms. The number of carbonyl (C=O) groups is 1. The van der Waals surface area contributed by atoms with Crippen molar-refractivity contribution in [1.29, 1.82) is 0 Å². The van der Waals surface area contributed by atoms with Gasteiger partial charge in [0.05, 0.1) is 0 Å². The summed E-state index contributed by atoms with van der Waals surface area (Å²) in [6.07, 6.45) is 0. The smallest absolute Gasteiger partial charge is 0.271 e. The number of rotatable bonds is 4. The summed E-state index contributed by atoms with van der Waals surface area (Å²) in [7, 11) is 1.64. The molecule has 0 saturated carbocycles. The van der Waals surface area contributed by atoms with E-state index >= 15 is 0 Å². The van der Waals surface area contributed by atoms with E-state index in [0.29, 0.717) is 0 Å². The van der Waals surface area contributed by atoms with Crippen LogP contribution in [-0.4, -0.2) is 19.6 Å². The maximum Gasteiger partial charge on any atom is 0.271 e. The molecule has 0 aromatic heterocycles. The summed E-state index contributed by atoms with van der Waals surface area (Å²) in [5, 5.41) is 0. The van der Waals surface area contributed by atoms with Gasteiger partial charge in [-0.1, -0.05) is 17.7 Å². The highest BCUT2D eigenvalue weighted by Gasteiger charge is 2.07. The van der Waals surface area contributed by atoms with E-state index in [1.54, 1.807) is 7.05 Å². The lowest BCUT2D eigenvalue weighted by Crippen LogP contribution is -2.37. The summed E-state index contributed by atoms with van der Waals surface area (Å²) >= 11 is 0. The zero-order chi connectivity index (χ0) is 12.1. The summed E-state index contributed by atoms with van der Waals surface area (Å²) in [4.78, 5) is 11.2. The maximum absolute atomic E-state index is 11.2. The predicted octanol–water partition coefficient (Wildman–Crippen LogP) is 1.24. The molecule has 88 valence electrons. The van der Waals surface area contributed by atoms with E-state index in [1.165, 1.54) is 5.56 Å². The van der Waals surface area contributed by atoms with Crippen molar-refractivity contribution in [2.24, 2.45) is 0 Å². The SMILES string of the molecule is CNNC(=O)COc1c(C)cc(C)cc1C. The van der Waals surface area contributed by atoms with Crippen molar-refractivity contribution in [2.45, 2.75) is 20.8 Å². The third-order valence-electron chi connectivity index (χ3n) is 2.22. The van der Waals surface area contributed by atoms with Gasteiger partial charge in [-0.15, -0.1) is 0 Å².